The molecule has 7 nitrogen and oxygen atoms in total. The van der Waals surface area contributed by atoms with E-state index < -0.39 is 21.7 Å². The van der Waals surface area contributed by atoms with Crippen molar-refractivity contribution in [2.45, 2.75) is 39.3 Å². The molecule has 0 saturated carbocycles. The van der Waals surface area contributed by atoms with Crippen LogP contribution >= 0.6 is 0 Å². The fourth-order valence-electron chi connectivity index (χ4n) is 2.14. The van der Waals surface area contributed by atoms with Crippen LogP contribution < -0.4 is 4.72 Å². The third-order valence-electron chi connectivity index (χ3n) is 3.05. The molecular formula is C15H20N2O5S. The summed E-state index contributed by atoms with van der Waals surface area (Å²) >= 11 is 0. The minimum Gasteiger partial charge on any atom is -0.460 e. The Morgan fingerprint density at radius 1 is 1.22 bits per heavy atom. The molecule has 1 aliphatic rings. The van der Waals surface area contributed by atoms with E-state index in [9.17, 15) is 18.0 Å². The molecule has 23 heavy (non-hydrogen) atoms. The molecule has 0 atom stereocenters. The first-order valence-electron chi connectivity index (χ1n) is 7.15. The number of hydrogen-bond donors (Lipinski definition) is 1. The number of benzene rings is 1. The van der Waals surface area contributed by atoms with Gasteiger partial charge < -0.3 is 4.74 Å². The summed E-state index contributed by atoms with van der Waals surface area (Å²) in [6, 6.07) is 6.96. The first-order chi connectivity index (χ1) is 10.5. The van der Waals surface area contributed by atoms with Crippen molar-refractivity contribution >= 4 is 22.1 Å². The van der Waals surface area contributed by atoms with E-state index in [0.29, 0.717) is 0 Å². The van der Waals surface area contributed by atoms with Crippen molar-refractivity contribution in [1.29, 1.82) is 0 Å². The average molecular weight is 340 g/mol. The van der Waals surface area contributed by atoms with Gasteiger partial charge in [-0.25, -0.2) is 4.72 Å². The number of carbonyl (C=O) groups excluding carboxylic acids is 2. The fraction of sp³-hybridized carbons (Fsp3) is 0.467. The van der Waals surface area contributed by atoms with Gasteiger partial charge in [0.05, 0.1) is 13.0 Å². The van der Waals surface area contributed by atoms with Gasteiger partial charge in [0.2, 0.25) is 5.91 Å². The van der Waals surface area contributed by atoms with Crippen molar-refractivity contribution < 1.29 is 22.7 Å². The number of ether oxygens (including phenoxy) is 1. The van der Waals surface area contributed by atoms with E-state index in [0.717, 1.165) is 15.4 Å². The van der Waals surface area contributed by atoms with Crippen LogP contribution in [0.4, 0.5) is 0 Å². The molecule has 0 spiro atoms. The lowest BCUT2D eigenvalue weighted by Crippen LogP contribution is -2.29. The fourth-order valence-corrected chi connectivity index (χ4v) is 3.22. The van der Waals surface area contributed by atoms with Crippen molar-refractivity contribution in [3.8, 4) is 0 Å². The predicted octanol–water partition coefficient (Wildman–Crippen LogP) is 0.747. The summed E-state index contributed by atoms with van der Waals surface area (Å²) in [7, 11) is -3.72. The van der Waals surface area contributed by atoms with Gasteiger partial charge in [-0.05, 0) is 31.9 Å². The van der Waals surface area contributed by atoms with Crippen LogP contribution in [0.5, 0.6) is 0 Å². The molecule has 0 aromatic heterocycles. The topological polar surface area (TPSA) is 92.8 Å². The van der Waals surface area contributed by atoms with Crippen LogP contribution in [0, 0.1) is 0 Å². The maximum atomic E-state index is 11.8. The number of nitrogens with zero attached hydrogens (tertiary/aromatic N) is 1. The predicted molar refractivity (Wildman–Crippen MR) is 83.5 cm³/mol. The molecular weight excluding hydrogens is 320 g/mol. The standard InChI is InChI=1S/C15H20N2O5S/c1-15(2,3)22-14(19)8-11-4-6-12(7-5-11)9-17-10-13(18)16-23(17,20)21/h4-7H,8-10H2,1-3H3,(H,16,18). The number of carbonyl (C=O) groups is 2. The van der Waals surface area contributed by atoms with Crippen LogP contribution in [-0.2, 0) is 37.5 Å². The first kappa shape index (κ1) is 17.4. The van der Waals surface area contributed by atoms with E-state index in [1.54, 1.807) is 45.0 Å². The van der Waals surface area contributed by atoms with E-state index in [1.165, 1.54) is 0 Å². The zero-order valence-corrected chi connectivity index (χ0v) is 14.1. The van der Waals surface area contributed by atoms with E-state index >= 15 is 0 Å². The molecule has 1 aromatic rings. The Bertz CT molecular complexity index is 704. The Labute approximate surface area is 135 Å². The molecule has 1 N–H and O–H groups in total. The van der Waals surface area contributed by atoms with Gasteiger partial charge in [0.15, 0.2) is 0 Å². The second-order valence-corrected chi connectivity index (χ2v) is 8.05. The molecule has 8 heteroatoms. The average Bonchev–Trinajstić information content (AvgIpc) is 2.62. The SMILES string of the molecule is CC(C)(C)OC(=O)Cc1ccc(CN2CC(=O)NS2(=O)=O)cc1. The van der Waals surface area contributed by atoms with Crippen molar-refractivity contribution in [2.24, 2.45) is 0 Å². The van der Waals surface area contributed by atoms with Gasteiger partial charge in [0.25, 0.3) is 0 Å². The van der Waals surface area contributed by atoms with Gasteiger partial charge in [-0.1, -0.05) is 24.3 Å². The van der Waals surface area contributed by atoms with E-state index in [2.05, 4.69) is 0 Å². The van der Waals surface area contributed by atoms with Crippen LogP contribution in [-0.4, -0.2) is 36.7 Å². The molecule has 0 aliphatic carbocycles. The van der Waals surface area contributed by atoms with Crippen LogP contribution in [0.2, 0.25) is 0 Å². The Balaban J connectivity index is 1.98. The highest BCUT2D eigenvalue weighted by Crippen LogP contribution is 2.14. The van der Waals surface area contributed by atoms with Gasteiger partial charge in [-0.3, -0.25) is 9.59 Å². The summed E-state index contributed by atoms with van der Waals surface area (Å²) in [5, 5.41) is 0. The lowest BCUT2D eigenvalue weighted by Gasteiger charge is -2.19. The highest BCUT2D eigenvalue weighted by atomic mass is 32.2. The van der Waals surface area contributed by atoms with Crippen LogP contribution in [0.3, 0.4) is 0 Å². The van der Waals surface area contributed by atoms with Crippen molar-refractivity contribution in [3.05, 3.63) is 35.4 Å². The number of hydrogen-bond acceptors (Lipinski definition) is 5. The van der Waals surface area contributed by atoms with Gasteiger partial charge >= 0.3 is 16.2 Å². The lowest BCUT2D eigenvalue weighted by molar-refractivity contribution is -0.153. The summed E-state index contributed by atoms with van der Waals surface area (Å²) in [4.78, 5) is 22.9. The zero-order valence-electron chi connectivity index (χ0n) is 13.3. The molecule has 0 radical (unpaired) electrons. The summed E-state index contributed by atoms with van der Waals surface area (Å²) in [6.45, 7) is 5.34. The Hall–Kier alpha value is -1.93. The molecule has 1 fully saturated rings. The second kappa shape index (κ2) is 6.29. The second-order valence-electron chi connectivity index (χ2n) is 6.38. The Morgan fingerprint density at radius 3 is 2.26 bits per heavy atom. The monoisotopic (exact) mass is 340 g/mol. The number of amides is 1. The highest BCUT2D eigenvalue weighted by molar-refractivity contribution is 7.88. The summed E-state index contributed by atoms with van der Waals surface area (Å²) < 4.78 is 31.5. The van der Waals surface area contributed by atoms with Crippen molar-refractivity contribution in [3.63, 3.8) is 0 Å². The van der Waals surface area contributed by atoms with Gasteiger partial charge in [0.1, 0.15) is 5.60 Å². The van der Waals surface area contributed by atoms with Gasteiger partial charge in [-0.15, -0.1) is 0 Å². The zero-order chi connectivity index (χ0) is 17.3. The summed E-state index contributed by atoms with van der Waals surface area (Å²) in [5.74, 6) is -0.853. The Kier molecular flexibility index (Phi) is 4.76. The van der Waals surface area contributed by atoms with E-state index in [-0.39, 0.29) is 25.5 Å². The third-order valence-corrected chi connectivity index (χ3v) is 4.48. The molecule has 1 saturated heterocycles. The summed E-state index contributed by atoms with van der Waals surface area (Å²) in [5.41, 5.74) is 0.986. The molecule has 0 bridgehead atoms. The molecule has 1 aliphatic heterocycles. The quantitative estimate of drug-likeness (QED) is 0.817. The largest absolute Gasteiger partial charge is 0.460 e. The van der Waals surface area contributed by atoms with Crippen molar-refractivity contribution in [2.75, 3.05) is 6.54 Å². The Morgan fingerprint density at radius 2 is 1.78 bits per heavy atom. The van der Waals surface area contributed by atoms with Crippen molar-refractivity contribution in [1.82, 2.24) is 9.03 Å². The number of nitrogens with one attached hydrogen (secondary N) is 1. The smallest absolute Gasteiger partial charge is 0.310 e. The van der Waals surface area contributed by atoms with Crippen LogP contribution in [0.15, 0.2) is 24.3 Å². The summed E-state index contributed by atoms with van der Waals surface area (Å²) in [6.07, 6.45) is 0.152. The third kappa shape index (κ3) is 5.04. The number of esters is 1. The lowest BCUT2D eigenvalue weighted by atomic mass is 10.1. The van der Waals surface area contributed by atoms with Crippen LogP contribution in [0.1, 0.15) is 31.9 Å². The minimum absolute atomic E-state index is 0.105. The van der Waals surface area contributed by atoms with E-state index in [4.69, 9.17) is 4.74 Å². The van der Waals surface area contributed by atoms with Gasteiger partial charge in [0, 0.05) is 6.54 Å². The molecule has 126 valence electrons. The first-order valence-corrected chi connectivity index (χ1v) is 8.59. The van der Waals surface area contributed by atoms with E-state index in [1.807, 2.05) is 4.72 Å². The maximum absolute atomic E-state index is 11.8. The number of rotatable bonds is 4. The molecule has 1 heterocycles. The van der Waals surface area contributed by atoms with Crippen LogP contribution in [0.25, 0.3) is 0 Å². The van der Waals surface area contributed by atoms with Gasteiger partial charge in [-0.2, -0.15) is 12.7 Å². The molecule has 0 unspecified atom stereocenters. The minimum atomic E-state index is -3.72. The normalized spacial score (nSPS) is 17.8. The molecule has 2 rings (SSSR count). The molecule has 1 amide bonds. The molecule has 1 aromatic carbocycles. The highest BCUT2D eigenvalue weighted by Gasteiger charge is 2.33. The maximum Gasteiger partial charge on any atom is 0.310 e.